The monoisotopic (exact) mass is 537 g/mol. The van der Waals surface area contributed by atoms with Crippen LogP contribution in [0.1, 0.15) is 33.4 Å². The quantitative estimate of drug-likeness (QED) is 0.289. The highest BCUT2D eigenvalue weighted by atomic mass is 35.5. The summed E-state index contributed by atoms with van der Waals surface area (Å²) in [6, 6.07) is 18.5. The van der Waals surface area contributed by atoms with Crippen LogP contribution in [0.15, 0.2) is 66.7 Å². The van der Waals surface area contributed by atoms with E-state index in [1.165, 1.54) is 12.1 Å². The van der Waals surface area contributed by atoms with E-state index in [1.54, 1.807) is 22.7 Å². The maximum atomic E-state index is 14.4. The molecule has 0 radical (unpaired) electrons. The molecule has 196 valence electrons. The topological polar surface area (TPSA) is 97.1 Å². The molecule has 1 unspecified atom stereocenters. The van der Waals surface area contributed by atoms with E-state index in [9.17, 15) is 14.3 Å². The smallest absolute Gasteiger partial charge is 0.335 e. The van der Waals surface area contributed by atoms with Crippen LogP contribution < -0.4 is 9.47 Å². The maximum absolute atomic E-state index is 14.4. The molecule has 0 spiro atoms. The van der Waals surface area contributed by atoms with Gasteiger partial charge in [0, 0.05) is 36.3 Å². The van der Waals surface area contributed by atoms with Crippen LogP contribution in [0.4, 0.5) is 4.39 Å². The standard InChI is InChI=1S/C28H25ClFN3O5/c1-32-26-20-14-19(29)8-10-23(20)38-16-21(26)25(31-32)27(34)33(15-17-5-3-2-4-6-17)11-12-37-24-9-7-18(28(35)36)13-22(24)30/h2-10,13-14,27,34H,11-12,15-16H2,1H3,(H,35,36). The predicted octanol–water partition coefficient (Wildman–Crippen LogP) is 5.04. The van der Waals surface area contributed by atoms with Crippen LogP contribution in [0.3, 0.4) is 0 Å². The molecule has 38 heavy (non-hydrogen) atoms. The van der Waals surface area contributed by atoms with Crippen molar-refractivity contribution >= 4 is 17.6 Å². The normalized spacial score (nSPS) is 13.0. The number of hydrogen-bond donors (Lipinski definition) is 2. The predicted molar refractivity (Wildman–Crippen MR) is 139 cm³/mol. The first-order valence-electron chi connectivity index (χ1n) is 11.9. The number of carbonyl (C=O) groups is 1. The van der Waals surface area contributed by atoms with Gasteiger partial charge in [0.25, 0.3) is 0 Å². The average Bonchev–Trinajstić information content (AvgIpc) is 3.25. The van der Waals surface area contributed by atoms with Crippen LogP contribution in [0, 0.1) is 5.82 Å². The van der Waals surface area contributed by atoms with Gasteiger partial charge in [0.1, 0.15) is 24.7 Å². The van der Waals surface area contributed by atoms with Crippen molar-refractivity contribution in [2.75, 3.05) is 13.2 Å². The van der Waals surface area contributed by atoms with E-state index in [0.717, 1.165) is 28.5 Å². The maximum Gasteiger partial charge on any atom is 0.335 e. The zero-order chi connectivity index (χ0) is 26.8. The molecular weight excluding hydrogens is 513 g/mol. The molecule has 8 nitrogen and oxygen atoms in total. The van der Waals surface area contributed by atoms with E-state index in [4.69, 9.17) is 26.2 Å². The number of aromatic carboxylic acids is 1. The summed E-state index contributed by atoms with van der Waals surface area (Å²) in [6.45, 7) is 0.878. The minimum atomic E-state index is -1.22. The van der Waals surface area contributed by atoms with Gasteiger partial charge in [-0.2, -0.15) is 5.10 Å². The Bertz CT molecular complexity index is 1480. The van der Waals surface area contributed by atoms with Gasteiger partial charge in [-0.05, 0) is 42.0 Å². The van der Waals surface area contributed by atoms with Gasteiger partial charge in [-0.3, -0.25) is 9.58 Å². The second kappa shape index (κ2) is 10.8. The van der Waals surface area contributed by atoms with Crippen molar-refractivity contribution in [3.8, 4) is 22.8 Å². The summed E-state index contributed by atoms with van der Waals surface area (Å²) in [7, 11) is 1.80. The number of hydrogen-bond acceptors (Lipinski definition) is 6. The van der Waals surface area contributed by atoms with Crippen LogP contribution >= 0.6 is 11.6 Å². The van der Waals surface area contributed by atoms with Crippen molar-refractivity contribution < 1.29 is 28.9 Å². The molecule has 0 bridgehead atoms. The van der Waals surface area contributed by atoms with Gasteiger partial charge in [0.2, 0.25) is 0 Å². The molecule has 2 heterocycles. The number of fused-ring (bicyclic) bond motifs is 3. The van der Waals surface area contributed by atoms with Crippen molar-refractivity contribution in [1.82, 2.24) is 14.7 Å². The number of aromatic nitrogens is 2. The average molecular weight is 538 g/mol. The minimum Gasteiger partial charge on any atom is -0.489 e. The second-order valence-electron chi connectivity index (χ2n) is 8.89. The van der Waals surface area contributed by atoms with E-state index in [2.05, 4.69) is 5.10 Å². The summed E-state index contributed by atoms with van der Waals surface area (Å²) in [5, 5.41) is 25.8. The van der Waals surface area contributed by atoms with Gasteiger partial charge >= 0.3 is 5.97 Å². The minimum absolute atomic E-state index is 0.0389. The summed E-state index contributed by atoms with van der Waals surface area (Å²) in [6.07, 6.45) is -1.11. The van der Waals surface area contributed by atoms with Crippen LogP contribution in [0.5, 0.6) is 11.5 Å². The van der Waals surface area contributed by atoms with Crippen LogP contribution in [-0.4, -0.2) is 44.0 Å². The van der Waals surface area contributed by atoms with Crippen LogP contribution in [-0.2, 0) is 20.2 Å². The van der Waals surface area contributed by atoms with E-state index < -0.39 is 18.0 Å². The molecule has 0 amide bonds. The molecule has 1 aliphatic heterocycles. The highest BCUT2D eigenvalue weighted by molar-refractivity contribution is 6.31. The number of benzene rings is 3. The van der Waals surface area contributed by atoms with Gasteiger partial charge < -0.3 is 19.7 Å². The third-order valence-corrected chi connectivity index (χ3v) is 6.61. The number of rotatable bonds is 9. The number of carboxylic acids is 1. The molecular formula is C28H25ClFN3O5. The Hall–Kier alpha value is -3.92. The fourth-order valence-corrected chi connectivity index (χ4v) is 4.71. The summed E-state index contributed by atoms with van der Waals surface area (Å²) >= 11 is 6.24. The van der Waals surface area contributed by atoms with Crippen molar-refractivity contribution in [2.24, 2.45) is 7.05 Å². The lowest BCUT2D eigenvalue weighted by Gasteiger charge is -2.28. The lowest BCUT2D eigenvalue weighted by Crippen LogP contribution is -2.33. The number of carboxylic acid groups (broad SMARTS) is 1. The van der Waals surface area contributed by atoms with Crippen LogP contribution in [0.25, 0.3) is 11.3 Å². The van der Waals surface area contributed by atoms with Gasteiger partial charge in [0.15, 0.2) is 17.8 Å². The third kappa shape index (κ3) is 5.22. The zero-order valence-corrected chi connectivity index (χ0v) is 21.2. The summed E-state index contributed by atoms with van der Waals surface area (Å²) in [4.78, 5) is 12.8. The van der Waals surface area contributed by atoms with Crippen molar-refractivity contribution in [2.45, 2.75) is 19.4 Å². The molecule has 10 heteroatoms. The number of aryl methyl sites for hydroxylation is 1. The summed E-state index contributed by atoms with van der Waals surface area (Å²) < 4.78 is 27.6. The third-order valence-electron chi connectivity index (χ3n) is 6.38. The van der Waals surface area contributed by atoms with E-state index in [-0.39, 0.29) is 31.1 Å². The highest BCUT2D eigenvalue weighted by Crippen LogP contribution is 2.41. The fourth-order valence-electron chi connectivity index (χ4n) is 4.54. The van der Waals surface area contributed by atoms with E-state index in [1.807, 2.05) is 42.5 Å². The van der Waals surface area contributed by atoms with Crippen molar-refractivity contribution in [1.29, 1.82) is 0 Å². The van der Waals surface area contributed by atoms with Gasteiger partial charge in [-0.1, -0.05) is 41.9 Å². The first-order valence-corrected chi connectivity index (χ1v) is 12.3. The Morgan fingerprint density at radius 3 is 2.74 bits per heavy atom. The van der Waals surface area contributed by atoms with Crippen LogP contribution in [0.2, 0.25) is 5.02 Å². The number of ether oxygens (including phenoxy) is 2. The summed E-state index contributed by atoms with van der Waals surface area (Å²) in [5.74, 6) is -1.37. The zero-order valence-electron chi connectivity index (χ0n) is 20.5. The molecule has 0 aliphatic carbocycles. The first-order chi connectivity index (χ1) is 18.3. The molecule has 4 aromatic rings. The molecule has 1 atom stereocenters. The summed E-state index contributed by atoms with van der Waals surface area (Å²) in [5.41, 5.74) is 3.61. The lowest BCUT2D eigenvalue weighted by molar-refractivity contribution is -0.0161. The first kappa shape index (κ1) is 25.7. The number of aliphatic hydroxyl groups is 1. The van der Waals surface area contributed by atoms with E-state index in [0.29, 0.717) is 23.0 Å². The largest absolute Gasteiger partial charge is 0.489 e. The molecule has 1 aromatic heterocycles. The Kier molecular flexibility index (Phi) is 7.33. The van der Waals surface area contributed by atoms with Crippen molar-refractivity contribution in [3.05, 3.63) is 100.0 Å². The number of nitrogens with zero attached hydrogens (tertiary/aromatic N) is 3. The fraction of sp³-hybridized carbons (Fsp3) is 0.214. The molecule has 1 aliphatic rings. The Balaban J connectivity index is 1.40. The van der Waals surface area contributed by atoms with Gasteiger partial charge in [-0.25, -0.2) is 9.18 Å². The molecule has 5 rings (SSSR count). The molecule has 3 aromatic carbocycles. The van der Waals surface area contributed by atoms with E-state index >= 15 is 0 Å². The molecule has 0 fully saturated rings. The van der Waals surface area contributed by atoms with Crippen molar-refractivity contribution in [3.63, 3.8) is 0 Å². The Labute approximate surface area is 223 Å². The Morgan fingerprint density at radius 1 is 1.21 bits per heavy atom. The van der Waals surface area contributed by atoms with Gasteiger partial charge in [-0.15, -0.1) is 0 Å². The second-order valence-corrected chi connectivity index (χ2v) is 9.33. The molecule has 2 N–H and O–H groups in total. The van der Waals surface area contributed by atoms with Gasteiger partial charge in [0.05, 0.1) is 11.3 Å². The number of halogens is 2. The molecule has 0 saturated carbocycles. The SMILES string of the molecule is Cn1nc(C(O)N(CCOc2ccc(C(=O)O)cc2F)Cc2ccccc2)c2c1-c1cc(Cl)ccc1OC2. The highest BCUT2D eigenvalue weighted by Gasteiger charge is 2.31. The Morgan fingerprint density at radius 2 is 2.00 bits per heavy atom. The number of aliphatic hydroxyl groups excluding tert-OH is 1. The lowest BCUT2D eigenvalue weighted by atomic mass is 10.0. The molecule has 0 saturated heterocycles.